The van der Waals surface area contributed by atoms with Crippen molar-refractivity contribution in [2.45, 2.75) is 0 Å². The van der Waals surface area contributed by atoms with Crippen molar-refractivity contribution in [3.63, 3.8) is 0 Å². The minimum Gasteiger partial charge on any atom is -0.321 e. The molecule has 3 aromatic carbocycles. The van der Waals surface area contributed by atoms with Gasteiger partial charge >= 0.3 is 0 Å². The second kappa shape index (κ2) is 7.11. The Labute approximate surface area is 170 Å². The third kappa shape index (κ3) is 3.05. The number of halogens is 2. The molecule has 138 valence electrons. The molecule has 0 atom stereocenters. The summed E-state index contributed by atoms with van der Waals surface area (Å²) in [6.45, 7) is 0. The van der Waals surface area contributed by atoms with Crippen LogP contribution in [0, 0.1) is 0 Å². The number of amides is 3. The number of fused-ring (bicyclic) bond motifs is 1. The number of rotatable bonds is 3. The van der Waals surface area contributed by atoms with Gasteiger partial charge in [0.1, 0.15) is 0 Å². The third-order valence-corrected chi connectivity index (χ3v) is 5.01. The zero-order chi connectivity index (χ0) is 19.8. The summed E-state index contributed by atoms with van der Waals surface area (Å²) in [5, 5.41) is 3.19. The van der Waals surface area contributed by atoms with Crippen molar-refractivity contribution in [1.82, 2.24) is 0 Å². The predicted octanol–water partition coefficient (Wildman–Crippen LogP) is 5.05. The van der Waals surface area contributed by atoms with Crippen molar-refractivity contribution in [3.8, 4) is 0 Å². The number of nitrogens with zero attached hydrogens (tertiary/aromatic N) is 1. The zero-order valence-electron chi connectivity index (χ0n) is 14.3. The molecule has 0 radical (unpaired) electrons. The normalized spacial score (nSPS) is 12.9. The second-order valence-electron chi connectivity index (χ2n) is 6.09. The molecule has 1 aliphatic heterocycles. The summed E-state index contributed by atoms with van der Waals surface area (Å²) in [4.78, 5) is 38.6. The molecule has 0 aromatic heterocycles. The van der Waals surface area contributed by atoms with E-state index >= 15 is 0 Å². The second-order valence-corrected chi connectivity index (χ2v) is 6.90. The lowest BCUT2D eigenvalue weighted by Gasteiger charge is -2.16. The summed E-state index contributed by atoms with van der Waals surface area (Å²) in [5.74, 6) is -1.24. The minimum absolute atomic E-state index is 0.189. The van der Waals surface area contributed by atoms with Crippen LogP contribution >= 0.6 is 23.2 Å². The lowest BCUT2D eigenvalue weighted by Crippen LogP contribution is -2.29. The average Bonchev–Trinajstić information content (AvgIpc) is 2.95. The van der Waals surface area contributed by atoms with Crippen LogP contribution in [-0.4, -0.2) is 17.7 Å². The van der Waals surface area contributed by atoms with Crippen LogP contribution in [0.5, 0.6) is 0 Å². The van der Waals surface area contributed by atoms with Gasteiger partial charge in [-0.25, -0.2) is 4.90 Å². The van der Waals surface area contributed by atoms with E-state index in [0.717, 1.165) is 4.90 Å². The standard InChI is InChI=1S/C21H12Cl2N2O3/c22-16-8-4-3-7-15(16)19(26)24-18-10-9-12(11-17(18)23)25-20(27)13-5-1-2-6-14(13)21(25)28/h1-11H,(H,24,26). The van der Waals surface area contributed by atoms with E-state index in [0.29, 0.717) is 33.1 Å². The van der Waals surface area contributed by atoms with Crippen molar-refractivity contribution in [2.24, 2.45) is 0 Å². The van der Waals surface area contributed by atoms with Crippen LogP contribution in [0.1, 0.15) is 31.1 Å². The maximum absolute atomic E-state index is 12.6. The summed E-state index contributed by atoms with van der Waals surface area (Å²) in [5.41, 5.74) is 1.67. The fraction of sp³-hybridized carbons (Fsp3) is 0. The van der Waals surface area contributed by atoms with E-state index in [1.807, 2.05) is 0 Å². The molecule has 1 heterocycles. The Morgan fingerprint density at radius 2 is 1.39 bits per heavy atom. The summed E-state index contributed by atoms with van der Waals surface area (Å²) >= 11 is 12.3. The maximum atomic E-state index is 12.6. The highest BCUT2D eigenvalue weighted by Gasteiger charge is 2.36. The summed E-state index contributed by atoms with van der Waals surface area (Å²) in [7, 11) is 0. The molecule has 1 N–H and O–H groups in total. The molecule has 1 aliphatic rings. The first-order chi connectivity index (χ1) is 13.5. The number of carbonyl (C=O) groups excluding carboxylic acids is 3. The SMILES string of the molecule is O=C(Nc1ccc(N2C(=O)c3ccccc3C2=O)cc1Cl)c1ccccc1Cl. The van der Waals surface area contributed by atoms with Crippen LogP contribution in [0.2, 0.25) is 10.0 Å². The topological polar surface area (TPSA) is 66.5 Å². The fourth-order valence-electron chi connectivity index (χ4n) is 3.00. The van der Waals surface area contributed by atoms with Gasteiger partial charge in [-0.05, 0) is 42.5 Å². The molecule has 7 heteroatoms. The van der Waals surface area contributed by atoms with E-state index in [-0.39, 0.29) is 5.02 Å². The lowest BCUT2D eigenvalue weighted by molar-refractivity contribution is 0.0924. The van der Waals surface area contributed by atoms with Gasteiger partial charge < -0.3 is 5.32 Å². The van der Waals surface area contributed by atoms with Gasteiger partial charge in [0, 0.05) is 0 Å². The zero-order valence-corrected chi connectivity index (χ0v) is 15.8. The highest BCUT2D eigenvalue weighted by Crippen LogP contribution is 2.33. The predicted molar refractivity (Wildman–Crippen MR) is 108 cm³/mol. The number of imide groups is 1. The van der Waals surface area contributed by atoms with Crippen LogP contribution < -0.4 is 10.2 Å². The number of anilines is 2. The molecule has 0 saturated heterocycles. The monoisotopic (exact) mass is 410 g/mol. The number of hydrogen-bond donors (Lipinski definition) is 1. The summed E-state index contributed by atoms with van der Waals surface area (Å²) in [6, 6.07) is 17.8. The van der Waals surface area contributed by atoms with Crippen molar-refractivity contribution in [2.75, 3.05) is 10.2 Å². The molecule has 0 fully saturated rings. The van der Waals surface area contributed by atoms with Gasteiger partial charge in [-0.3, -0.25) is 14.4 Å². The Morgan fingerprint density at radius 3 is 2.00 bits per heavy atom. The van der Waals surface area contributed by atoms with Crippen molar-refractivity contribution >= 4 is 52.3 Å². The molecule has 0 unspecified atom stereocenters. The van der Waals surface area contributed by atoms with E-state index in [9.17, 15) is 14.4 Å². The molecule has 3 aromatic rings. The highest BCUT2D eigenvalue weighted by atomic mass is 35.5. The lowest BCUT2D eigenvalue weighted by atomic mass is 10.1. The van der Waals surface area contributed by atoms with Crippen molar-refractivity contribution < 1.29 is 14.4 Å². The molecule has 0 aliphatic carbocycles. The van der Waals surface area contributed by atoms with Crippen LogP contribution in [0.25, 0.3) is 0 Å². The average molecular weight is 411 g/mol. The first-order valence-electron chi connectivity index (χ1n) is 8.30. The van der Waals surface area contributed by atoms with Crippen molar-refractivity contribution in [3.05, 3.63) is 93.5 Å². The number of hydrogen-bond acceptors (Lipinski definition) is 3. The fourth-order valence-corrected chi connectivity index (χ4v) is 3.45. The number of benzene rings is 3. The Balaban J connectivity index is 1.61. The van der Waals surface area contributed by atoms with Crippen LogP contribution in [0.15, 0.2) is 66.7 Å². The summed E-state index contributed by atoms with van der Waals surface area (Å²) < 4.78 is 0. The van der Waals surface area contributed by atoms with Crippen LogP contribution in [0.3, 0.4) is 0 Å². The Morgan fingerprint density at radius 1 is 0.786 bits per heavy atom. The molecule has 4 rings (SSSR count). The number of carbonyl (C=O) groups is 3. The van der Waals surface area contributed by atoms with Gasteiger partial charge in [0.15, 0.2) is 0 Å². The molecule has 0 bridgehead atoms. The molecular formula is C21H12Cl2N2O3. The van der Waals surface area contributed by atoms with Crippen molar-refractivity contribution in [1.29, 1.82) is 0 Å². The van der Waals surface area contributed by atoms with Gasteiger partial charge in [0.25, 0.3) is 17.7 Å². The highest BCUT2D eigenvalue weighted by molar-refractivity contribution is 6.37. The van der Waals surface area contributed by atoms with Crippen LogP contribution in [0.4, 0.5) is 11.4 Å². The Kier molecular flexibility index (Phi) is 4.63. The van der Waals surface area contributed by atoms with Gasteiger partial charge in [0.05, 0.1) is 38.1 Å². The van der Waals surface area contributed by atoms with Gasteiger partial charge in [-0.2, -0.15) is 0 Å². The van der Waals surface area contributed by atoms with Crippen LogP contribution in [-0.2, 0) is 0 Å². The maximum Gasteiger partial charge on any atom is 0.266 e. The van der Waals surface area contributed by atoms with Gasteiger partial charge in [-0.15, -0.1) is 0 Å². The minimum atomic E-state index is -0.416. The Hall–Kier alpha value is -3.15. The van der Waals surface area contributed by atoms with Gasteiger partial charge in [-0.1, -0.05) is 47.5 Å². The van der Waals surface area contributed by atoms with Gasteiger partial charge in [0.2, 0.25) is 0 Å². The third-order valence-electron chi connectivity index (χ3n) is 4.37. The molecular weight excluding hydrogens is 399 g/mol. The molecule has 5 nitrogen and oxygen atoms in total. The summed E-state index contributed by atoms with van der Waals surface area (Å²) in [6.07, 6.45) is 0. The van der Waals surface area contributed by atoms with E-state index in [1.54, 1.807) is 54.6 Å². The number of nitrogens with one attached hydrogen (secondary N) is 1. The van der Waals surface area contributed by atoms with E-state index in [4.69, 9.17) is 23.2 Å². The first kappa shape index (κ1) is 18.2. The first-order valence-corrected chi connectivity index (χ1v) is 9.06. The smallest absolute Gasteiger partial charge is 0.266 e. The molecule has 0 saturated carbocycles. The molecule has 0 spiro atoms. The quantitative estimate of drug-likeness (QED) is 0.614. The molecule has 28 heavy (non-hydrogen) atoms. The Bertz CT molecular complexity index is 1110. The molecule has 3 amide bonds. The largest absolute Gasteiger partial charge is 0.321 e. The van der Waals surface area contributed by atoms with E-state index < -0.39 is 17.7 Å². The van der Waals surface area contributed by atoms with E-state index in [1.165, 1.54) is 12.1 Å². The van der Waals surface area contributed by atoms with E-state index in [2.05, 4.69) is 5.32 Å².